The number of aromatic nitrogens is 2. The number of hydrogen-bond acceptors (Lipinski definition) is 6. The third kappa shape index (κ3) is 3.88. The minimum absolute atomic E-state index is 0.0305. The van der Waals surface area contributed by atoms with Crippen molar-refractivity contribution in [1.29, 1.82) is 0 Å². The molecule has 1 aromatic carbocycles. The summed E-state index contributed by atoms with van der Waals surface area (Å²) in [7, 11) is 0. The summed E-state index contributed by atoms with van der Waals surface area (Å²) < 4.78 is 25.9. The Bertz CT molecular complexity index is 897. The molecular weight excluding hydrogens is 345 g/mol. The van der Waals surface area contributed by atoms with Gasteiger partial charge < -0.3 is 9.47 Å². The van der Waals surface area contributed by atoms with Gasteiger partial charge in [-0.05, 0) is 28.8 Å². The zero-order valence-corrected chi connectivity index (χ0v) is 13.4. The molecule has 1 aromatic heterocycles. The maximum atomic E-state index is 14.3. The van der Waals surface area contributed by atoms with Crippen molar-refractivity contribution < 1.29 is 18.7 Å². The third-order valence-corrected chi connectivity index (χ3v) is 3.78. The fraction of sp³-hybridized carbons (Fsp3) is 0.312. The van der Waals surface area contributed by atoms with Gasteiger partial charge in [-0.1, -0.05) is 18.2 Å². The van der Waals surface area contributed by atoms with Gasteiger partial charge in [0.2, 0.25) is 0 Å². The minimum Gasteiger partial charge on any atom is -0.459 e. The first kappa shape index (κ1) is 17.6. The highest BCUT2D eigenvalue weighted by Crippen LogP contribution is 2.30. The van der Waals surface area contributed by atoms with Crippen LogP contribution in [0, 0.1) is 0 Å². The second-order valence-corrected chi connectivity index (χ2v) is 5.53. The van der Waals surface area contributed by atoms with Crippen molar-refractivity contribution >= 4 is 11.8 Å². The van der Waals surface area contributed by atoms with Crippen molar-refractivity contribution in [2.75, 3.05) is 6.61 Å². The Morgan fingerprint density at radius 1 is 1.42 bits per heavy atom. The molecule has 0 spiro atoms. The lowest BCUT2D eigenvalue weighted by Crippen LogP contribution is -2.30. The predicted molar refractivity (Wildman–Crippen MR) is 87.5 cm³/mol. The predicted octanol–water partition coefficient (Wildman–Crippen LogP) is 2.67. The van der Waals surface area contributed by atoms with Crippen LogP contribution < -0.4 is 5.69 Å². The van der Waals surface area contributed by atoms with Crippen molar-refractivity contribution in [2.24, 2.45) is 5.11 Å². The zero-order valence-electron chi connectivity index (χ0n) is 13.4. The minimum atomic E-state index is -1.47. The van der Waals surface area contributed by atoms with E-state index in [4.69, 9.17) is 15.0 Å². The van der Waals surface area contributed by atoms with Crippen LogP contribution in [0.15, 0.2) is 52.5 Å². The average Bonchev–Trinajstić information content (AvgIpc) is 3.01. The normalized spacial score (nSPS) is 21.8. The molecule has 1 aliphatic heterocycles. The van der Waals surface area contributed by atoms with Crippen LogP contribution >= 0.6 is 0 Å². The first-order valence-electron chi connectivity index (χ1n) is 7.74. The van der Waals surface area contributed by atoms with E-state index in [0.717, 1.165) is 4.57 Å². The number of esters is 1. The topological polar surface area (TPSA) is 119 Å². The molecule has 0 saturated carbocycles. The summed E-state index contributed by atoms with van der Waals surface area (Å²) in [6.45, 7) is -0.135. The molecule has 3 atom stereocenters. The van der Waals surface area contributed by atoms with E-state index in [1.165, 1.54) is 12.3 Å². The Balaban J connectivity index is 1.64. The summed E-state index contributed by atoms with van der Waals surface area (Å²) >= 11 is 0. The van der Waals surface area contributed by atoms with Crippen molar-refractivity contribution in [3.8, 4) is 0 Å². The summed E-state index contributed by atoms with van der Waals surface area (Å²) in [6, 6.07) is 9.67. The number of alkyl halides is 1. The molecule has 0 aliphatic carbocycles. The van der Waals surface area contributed by atoms with E-state index in [0.29, 0.717) is 5.56 Å². The molecule has 10 heteroatoms. The molecule has 0 N–H and O–H groups in total. The number of benzene rings is 1. The maximum absolute atomic E-state index is 14.3. The molecule has 2 heterocycles. The quantitative estimate of drug-likeness (QED) is 0.352. The van der Waals surface area contributed by atoms with Gasteiger partial charge in [-0.3, -0.25) is 4.57 Å². The molecule has 2 aromatic rings. The first-order chi connectivity index (χ1) is 12.6. The van der Waals surface area contributed by atoms with Gasteiger partial charge in [0, 0.05) is 17.5 Å². The number of nitrogens with zero attached hydrogens (tertiary/aromatic N) is 5. The highest BCUT2D eigenvalue weighted by Gasteiger charge is 2.38. The SMILES string of the molecule is [N-]=[N+]=Nc1ccn([C@@H]2O[C@H](COC(=O)c3ccccc3)C[C@@H]2F)c(=O)n1. The molecule has 0 unspecified atom stereocenters. The van der Waals surface area contributed by atoms with Gasteiger partial charge in [-0.2, -0.15) is 4.98 Å². The van der Waals surface area contributed by atoms with Gasteiger partial charge in [0.05, 0.1) is 11.7 Å². The summed E-state index contributed by atoms with van der Waals surface area (Å²) in [5.74, 6) is -0.652. The highest BCUT2D eigenvalue weighted by molar-refractivity contribution is 5.89. The van der Waals surface area contributed by atoms with E-state index in [9.17, 15) is 14.0 Å². The van der Waals surface area contributed by atoms with E-state index in [-0.39, 0.29) is 18.8 Å². The van der Waals surface area contributed by atoms with Gasteiger partial charge in [-0.25, -0.2) is 14.0 Å². The van der Waals surface area contributed by atoms with E-state index in [1.807, 2.05) is 0 Å². The number of azide groups is 1. The number of rotatable bonds is 5. The van der Waals surface area contributed by atoms with Gasteiger partial charge in [0.1, 0.15) is 18.6 Å². The standard InChI is InChI=1S/C16H14FN5O4/c17-12-8-11(9-25-15(23)10-4-2-1-3-5-10)26-14(12)22-7-6-13(20-21-18)19-16(22)24/h1-7,11-12,14H,8-9H2/t11-,12-,14+/m0/s1. The lowest BCUT2D eigenvalue weighted by atomic mass is 10.2. The van der Waals surface area contributed by atoms with Gasteiger partial charge in [0.15, 0.2) is 6.23 Å². The largest absolute Gasteiger partial charge is 0.459 e. The molecule has 0 amide bonds. The van der Waals surface area contributed by atoms with Crippen molar-refractivity contribution in [2.45, 2.75) is 24.9 Å². The van der Waals surface area contributed by atoms with Gasteiger partial charge >= 0.3 is 11.7 Å². The number of halogens is 1. The first-order valence-corrected chi connectivity index (χ1v) is 7.74. The maximum Gasteiger partial charge on any atom is 0.350 e. The molecule has 3 rings (SSSR count). The van der Waals surface area contributed by atoms with E-state index < -0.39 is 30.2 Å². The van der Waals surface area contributed by atoms with Crippen LogP contribution in [0.2, 0.25) is 0 Å². The van der Waals surface area contributed by atoms with Crippen LogP contribution in [0.4, 0.5) is 10.2 Å². The second-order valence-electron chi connectivity index (χ2n) is 5.53. The number of ether oxygens (including phenoxy) is 2. The number of carbonyl (C=O) groups excluding carboxylic acids is 1. The van der Waals surface area contributed by atoms with Crippen LogP contribution in [0.5, 0.6) is 0 Å². The molecule has 0 bridgehead atoms. The van der Waals surface area contributed by atoms with Crippen LogP contribution in [0.3, 0.4) is 0 Å². The lowest BCUT2D eigenvalue weighted by molar-refractivity contribution is -0.0455. The Hall–Kier alpha value is -3.23. The van der Waals surface area contributed by atoms with E-state index in [2.05, 4.69) is 15.0 Å². The number of hydrogen-bond donors (Lipinski definition) is 0. The van der Waals surface area contributed by atoms with Crippen LogP contribution in [0.1, 0.15) is 23.0 Å². The van der Waals surface area contributed by atoms with E-state index in [1.54, 1.807) is 30.3 Å². The summed E-state index contributed by atoms with van der Waals surface area (Å²) in [4.78, 5) is 29.9. The van der Waals surface area contributed by atoms with Gasteiger partial charge in [-0.15, -0.1) is 0 Å². The summed E-state index contributed by atoms with van der Waals surface area (Å²) in [6.07, 6.45) is -2.13. The Morgan fingerprint density at radius 2 is 2.19 bits per heavy atom. The monoisotopic (exact) mass is 359 g/mol. The fourth-order valence-electron chi connectivity index (χ4n) is 2.58. The molecule has 9 nitrogen and oxygen atoms in total. The fourth-order valence-corrected chi connectivity index (χ4v) is 2.58. The van der Waals surface area contributed by atoms with Gasteiger partial charge in [0.25, 0.3) is 0 Å². The summed E-state index contributed by atoms with van der Waals surface area (Å²) in [5.41, 5.74) is 7.92. The molecule has 26 heavy (non-hydrogen) atoms. The van der Waals surface area contributed by atoms with Crippen molar-refractivity contribution in [3.05, 3.63) is 69.1 Å². The van der Waals surface area contributed by atoms with Crippen molar-refractivity contribution in [1.82, 2.24) is 9.55 Å². The Kier molecular flexibility index (Phi) is 5.26. The zero-order chi connectivity index (χ0) is 18.5. The summed E-state index contributed by atoms with van der Waals surface area (Å²) in [5, 5.41) is 3.21. The average molecular weight is 359 g/mol. The van der Waals surface area contributed by atoms with Crippen molar-refractivity contribution in [3.63, 3.8) is 0 Å². The molecule has 1 saturated heterocycles. The smallest absolute Gasteiger partial charge is 0.350 e. The Morgan fingerprint density at radius 3 is 2.88 bits per heavy atom. The highest BCUT2D eigenvalue weighted by atomic mass is 19.1. The second kappa shape index (κ2) is 7.77. The molecular formula is C16H14FN5O4. The van der Waals surface area contributed by atoms with E-state index >= 15 is 0 Å². The molecule has 1 fully saturated rings. The lowest BCUT2D eigenvalue weighted by Gasteiger charge is -2.16. The Labute approximate surface area is 146 Å². The number of carbonyl (C=O) groups is 1. The van der Waals surface area contributed by atoms with Crippen LogP contribution in [0.25, 0.3) is 10.4 Å². The molecule has 0 radical (unpaired) electrons. The van der Waals surface area contributed by atoms with Crippen LogP contribution in [-0.2, 0) is 9.47 Å². The molecule has 134 valence electrons. The third-order valence-electron chi connectivity index (χ3n) is 3.78. The molecule has 1 aliphatic rings. The van der Waals surface area contributed by atoms with Crippen LogP contribution in [-0.4, -0.2) is 34.4 Å².